The Hall–Kier alpha value is -0.830. The minimum absolute atomic E-state index is 0.526. The maximum absolute atomic E-state index is 10.9. The van der Waals surface area contributed by atoms with E-state index < -0.39 is 5.97 Å². The number of aryl methyl sites for hydroxylation is 1. The Morgan fingerprint density at radius 2 is 1.72 bits per heavy atom. The number of carboxylic acid groups (broad SMARTS) is 1. The van der Waals surface area contributed by atoms with Crippen molar-refractivity contribution in [1.29, 1.82) is 0 Å². The molecule has 0 bridgehead atoms. The Balaban J connectivity index is 2.07. The molecule has 2 nitrogen and oxygen atoms in total. The highest BCUT2D eigenvalue weighted by atomic mass is 32.1. The van der Waals surface area contributed by atoms with Gasteiger partial charge in [-0.15, -0.1) is 11.3 Å². The lowest BCUT2D eigenvalue weighted by Crippen LogP contribution is -1.97. The number of thiophene rings is 1. The number of unbranched alkanes of at least 4 members (excludes halogenated alkanes) is 7. The van der Waals surface area contributed by atoms with Crippen LogP contribution in [0.2, 0.25) is 0 Å². The summed E-state index contributed by atoms with van der Waals surface area (Å²) in [5.74, 6) is -0.778. The molecule has 1 aromatic heterocycles. The van der Waals surface area contributed by atoms with E-state index in [1.54, 1.807) is 0 Å². The topological polar surface area (TPSA) is 37.3 Å². The summed E-state index contributed by atoms with van der Waals surface area (Å²) in [6.45, 7) is 2.24. The van der Waals surface area contributed by atoms with Crippen LogP contribution in [-0.2, 0) is 6.42 Å². The molecule has 0 saturated carbocycles. The van der Waals surface area contributed by atoms with Crippen LogP contribution in [0, 0.1) is 0 Å². The summed E-state index contributed by atoms with van der Waals surface area (Å²) in [6.07, 6.45) is 11.3. The smallest absolute Gasteiger partial charge is 0.346 e. The molecular weight excluding hydrogens is 244 g/mol. The molecule has 1 N–H and O–H groups in total. The summed E-state index contributed by atoms with van der Waals surface area (Å²) in [4.78, 5) is 11.5. The van der Waals surface area contributed by atoms with Crippen molar-refractivity contribution in [2.24, 2.45) is 0 Å². The first-order chi connectivity index (χ1) is 8.75. The van der Waals surface area contributed by atoms with Gasteiger partial charge in [0.2, 0.25) is 0 Å². The van der Waals surface area contributed by atoms with Gasteiger partial charge in [0.15, 0.2) is 0 Å². The van der Waals surface area contributed by atoms with E-state index in [0.29, 0.717) is 4.88 Å². The van der Waals surface area contributed by atoms with Crippen LogP contribution in [0.25, 0.3) is 0 Å². The van der Waals surface area contributed by atoms with Gasteiger partial charge in [-0.25, -0.2) is 4.79 Å². The molecule has 0 aliphatic rings. The molecule has 1 rings (SSSR count). The van der Waals surface area contributed by atoms with Crippen molar-refractivity contribution in [1.82, 2.24) is 0 Å². The zero-order valence-electron chi connectivity index (χ0n) is 11.3. The number of rotatable bonds is 10. The number of hydrogen-bond donors (Lipinski definition) is 1. The van der Waals surface area contributed by atoms with E-state index in [0.717, 1.165) is 18.4 Å². The molecule has 0 aliphatic carbocycles. The lowest BCUT2D eigenvalue weighted by Gasteiger charge is -2.02. The molecule has 0 unspecified atom stereocenters. The van der Waals surface area contributed by atoms with E-state index in [2.05, 4.69) is 6.92 Å². The molecule has 0 atom stereocenters. The lowest BCUT2D eigenvalue weighted by molar-refractivity contribution is 0.0701. The number of aromatic carboxylic acids is 1. The van der Waals surface area contributed by atoms with Crippen molar-refractivity contribution in [3.63, 3.8) is 0 Å². The van der Waals surface area contributed by atoms with Crippen LogP contribution in [0.1, 0.15) is 73.5 Å². The molecule has 1 aromatic rings. The van der Waals surface area contributed by atoms with Gasteiger partial charge in [0.1, 0.15) is 4.88 Å². The summed E-state index contributed by atoms with van der Waals surface area (Å²) < 4.78 is 0. The van der Waals surface area contributed by atoms with Gasteiger partial charge in [-0.05, 0) is 29.9 Å². The molecular formula is C15H24O2S. The minimum atomic E-state index is -0.778. The van der Waals surface area contributed by atoms with Crippen LogP contribution in [0.15, 0.2) is 11.4 Å². The summed E-state index contributed by atoms with van der Waals surface area (Å²) in [6, 6.07) is 1.95. The second kappa shape index (κ2) is 9.15. The maximum atomic E-state index is 10.9. The highest BCUT2D eigenvalue weighted by molar-refractivity contribution is 7.12. The quantitative estimate of drug-likeness (QED) is 0.597. The highest BCUT2D eigenvalue weighted by Crippen LogP contribution is 2.19. The molecule has 0 amide bonds. The van der Waals surface area contributed by atoms with E-state index in [4.69, 9.17) is 5.11 Å². The normalized spacial score (nSPS) is 10.7. The monoisotopic (exact) mass is 268 g/mol. The predicted octanol–water partition coefficient (Wildman–Crippen LogP) is 5.13. The first kappa shape index (κ1) is 15.2. The third kappa shape index (κ3) is 5.67. The SMILES string of the molecule is CCCCCCCCCCc1ccsc1C(=O)O. The standard InChI is InChI=1S/C15H24O2S/c1-2-3-4-5-6-7-8-9-10-13-11-12-18-14(13)15(16)17/h11-12H,2-10H2,1H3,(H,16,17). The van der Waals surface area contributed by atoms with Crippen molar-refractivity contribution in [3.8, 4) is 0 Å². The molecule has 0 aliphatic heterocycles. The summed E-state index contributed by atoms with van der Waals surface area (Å²) in [5, 5.41) is 10.9. The average molecular weight is 268 g/mol. The van der Waals surface area contributed by atoms with E-state index in [1.807, 2.05) is 11.4 Å². The van der Waals surface area contributed by atoms with Crippen LogP contribution >= 0.6 is 11.3 Å². The number of carboxylic acids is 1. The molecule has 102 valence electrons. The zero-order chi connectivity index (χ0) is 13.2. The van der Waals surface area contributed by atoms with Gasteiger partial charge in [0.05, 0.1) is 0 Å². The Labute approximate surface area is 114 Å². The first-order valence-electron chi connectivity index (χ1n) is 7.05. The van der Waals surface area contributed by atoms with Gasteiger partial charge in [0.25, 0.3) is 0 Å². The Morgan fingerprint density at radius 3 is 2.33 bits per heavy atom. The molecule has 3 heteroatoms. The third-order valence-electron chi connectivity index (χ3n) is 3.24. The molecule has 0 radical (unpaired) electrons. The van der Waals surface area contributed by atoms with Crippen LogP contribution in [0.5, 0.6) is 0 Å². The van der Waals surface area contributed by atoms with Crippen molar-refractivity contribution in [3.05, 3.63) is 21.9 Å². The van der Waals surface area contributed by atoms with E-state index >= 15 is 0 Å². The van der Waals surface area contributed by atoms with Gasteiger partial charge < -0.3 is 5.11 Å². The molecule has 1 heterocycles. The second-order valence-electron chi connectivity index (χ2n) is 4.80. The summed E-state index contributed by atoms with van der Waals surface area (Å²) >= 11 is 1.34. The molecule has 0 saturated heterocycles. The van der Waals surface area contributed by atoms with Gasteiger partial charge in [0, 0.05) is 0 Å². The van der Waals surface area contributed by atoms with Crippen LogP contribution in [-0.4, -0.2) is 11.1 Å². The Kier molecular flexibility index (Phi) is 7.74. The van der Waals surface area contributed by atoms with Gasteiger partial charge in [-0.1, -0.05) is 51.9 Å². The van der Waals surface area contributed by atoms with Gasteiger partial charge in [-0.2, -0.15) is 0 Å². The van der Waals surface area contributed by atoms with Crippen molar-refractivity contribution in [2.45, 2.75) is 64.7 Å². The minimum Gasteiger partial charge on any atom is -0.477 e. The Morgan fingerprint density at radius 1 is 1.11 bits per heavy atom. The molecule has 0 aromatic carbocycles. The summed E-state index contributed by atoms with van der Waals surface area (Å²) in [5.41, 5.74) is 1.01. The first-order valence-corrected chi connectivity index (χ1v) is 7.93. The van der Waals surface area contributed by atoms with Crippen molar-refractivity contribution in [2.75, 3.05) is 0 Å². The molecule has 0 spiro atoms. The zero-order valence-corrected chi connectivity index (χ0v) is 12.1. The van der Waals surface area contributed by atoms with Crippen molar-refractivity contribution < 1.29 is 9.90 Å². The number of carbonyl (C=O) groups is 1. The van der Waals surface area contributed by atoms with Crippen LogP contribution in [0.3, 0.4) is 0 Å². The van der Waals surface area contributed by atoms with E-state index in [9.17, 15) is 4.79 Å². The van der Waals surface area contributed by atoms with E-state index in [-0.39, 0.29) is 0 Å². The maximum Gasteiger partial charge on any atom is 0.346 e. The average Bonchev–Trinajstić information content (AvgIpc) is 2.81. The van der Waals surface area contributed by atoms with Crippen LogP contribution < -0.4 is 0 Å². The molecule has 18 heavy (non-hydrogen) atoms. The second-order valence-corrected chi connectivity index (χ2v) is 5.72. The molecule has 0 fully saturated rings. The third-order valence-corrected chi connectivity index (χ3v) is 4.19. The van der Waals surface area contributed by atoms with Crippen LogP contribution in [0.4, 0.5) is 0 Å². The largest absolute Gasteiger partial charge is 0.477 e. The lowest BCUT2D eigenvalue weighted by atomic mass is 10.0. The van der Waals surface area contributed by atoms with Gasteiger partial charge in [-0.3, -0.25) is 0 Å². The van der Waals surface area contributed by atoms with Crippen molar-refractivity contribution >= 4 is 17.3 Å². The fourth-order valence-corrected chi connectivity index (χ4v) is 2.96. The van der Waals surface area contributed by atoms with E-state index in [1.165, 1.54) is 56.3 Å². The highest BCUT2D eigenvalue weighted by Gasteiger charge is 2.10. The fraction of sp³-hybridized carbons (Fsp3) is 0.667. The number of hydrogen-bond acceptors (Lipinski definition) is 2. The fourth-order valence-electron chi connectivity index (χ4n) is 2.17. The predicted molar refractivity (Wildman–Crippen MR) is 77.6 cm³/mol. The van der Waals surface area contributed by atoms with Gasteiger partial charge >= 0.3 is 5.97 Å². The Bertz CT molecular complexity index is 344. The summed E-state index contributed by atoms with van der Waals surface area (Å²) in [7, 11) is 0.